The molecule has 0 fully saturated rings. The van der Waals surface area contributed by atoms with Gasteiger partial charge in [-0.1, -0.05) is 29.3 Å². The second kappa shape index (κ2) is 7.88. The zero-order valence-electron chi connectivity index (χ0n) is 14.4. The van der Waals surface area contributed by atoms with Gasteiger partial charge in [0, 0.05) is 28.7 Å². The second-order valence-corrected chi connectivity index (χ2v) is 6.79. The number of rotatable bonds is 6. The minimum absolute atomic E-state index is 0.167. The Bertz CT molecular complexity index is 933. The molecule has 9 heteroatoms. The van der Waals surface area contributed by atoms with Gasteiger partial charge in [0.2, 0.25) is 11.9 Å². The molecule has 7 nitrogen and oxygen atoms in total. The highest BCUT2D eigenvalue weighted by Gasteiger charge is 2.10. The zero-order valence-corrected chi connectivity index (χ0v) is 15.9. The molecule has 2 heterocycles. The van der Waals surface area contributed by atoms with E-state index in [0.717, 1.165) is 17.0 Å². The molecular weight excluding hydrogens is 375 g/mol. The van der Waals surface area contributed by atoms with Crippen LogP contribution in [0.25, 0.3) is 0 Å². The number of amides is 1. The summed E-state index contributed by atoms with van der Waals surface area (Å²) >= 11 is 12.1. The SMILES string of the molecule is Cc1cc(C)n(CCC(=O)Nc2ncn(Cc3ccc(Cl)cc3Cl)n2)n1. The summed E-state index contributed by atoms with van der Waals surface area (Å²) in [6.07, 6.45) is 1.83. The van der Waals surface area contributed by atoms with E-state index in [1.54, 1.807) is 23.1 Å². The lowest BCUT2D eigenvalue weighted by atomic mass is 10.2. The molecule has 0 saturated carbocycles. The van der Waals surface area contributed by atoms with Gasteiger partial charge in [-0.3, -0.25) is 14.8 Å². The minimum Gasteiger partial charge on any atom is -0.293 e. The Morgan fingerprint density at radius 3 is 2.69 bits per heavy atom. The van der Waals surface area contributed by atoms with Crippen molar-refractivity contribution in [1.29, 1.82) is 0 Å². The van der Waals surface area contributed by atoms with Crippen LogP contribution in [0.2, 0.25) is 10.0 Å². The summed E-state index contributed by atoms with van der Waals surface area (Å²) in [5.41, 5.74) is 2.82. The maximum Gasteiger partial charge on any atom is 0.248 e. The monoisotopic (exact) mass is 392 g/mol. The number of carbonyl (C=O) groups is 1. The van der Waals surface area contributed by atoms with Crippen LogP contribution in [0.3, 0.4) is 0 Å². The minimum atomic E-state index is -0.167. The third-order valence-corrected chi connectivity index (χ3v) is 4.38. The summed E-state index contributed by atoms with van der Waals surface area (Å²) in [6.45, 7) is 4.83. The van der Waals surface area contributed by atoms with Crippen LogP contribution in [0.4, 0.5) is 5.95 Å². The first kappa shape index (κ1) is 18.4. The number of aryl methyl sites for hydroxylation is 3. The van der Waals surface area contributed by atoms with Gasteiger partial charge in [0.15, 0.2) is 0 Å². The molecule has 136 valence electrons. The molecule has 1 N–H and O–H groups in total. The lowest BCUT2D eigenvalue weighted by Gasteiger charge is -2.05. The number of halogens is 2. The average Bonchev–Trinajstić information content (AvgIpc) is 3.14. The molecule has 1 amide bonds. The molecule has 0 unspecified atom stereocenters. The number of hydrogen-bond acceptors (Lipinski definition) is 4. The molecule has 1 aromatic carbocycles. The van der Waals surface area contributed by atoms with E-state index >= 15 is 0 Å². The molecule has 0 aliphatic carbocycles. The van der Waals surface area contributed by atoms with E-state index in [4.69, 9.17) is 23.2 Å². The summed E-state index contributed by atoms with van der Waals surface area (Å²) in [5.74, 6) is 0.0910. The van der Waals surface area contributed by atoms with Crippen molar-refractivity contribution in [2.45, 2.75) is 33.4 Å². The van der Waals surface area contributed by atoms with Crippen molar-refractivity contribution in [1.82, 2.24) is 24.5 Å². The van der Waals surface area contributed by atoms with Gasteiger partial charge < -0.3 is 0 Å². The first-order valence-corrected chi connectivity index (χ1v) is 8.80. The van der Waals surface area contributed by atoms with E-state index in [1.807, 2.05) is 30.7 Å². The summed E-state index contributed by atoms with van der Waals surface area (Å²) in [6, 6.07) is 7.25. The Labute approximate surface area is 160 Å². The van der Waals surface area contributed by atoms with Crippen molar-refractivity contribution in [3.05, 3.63) is 57.6 Å². The number of nitrogens with one attached hydrogen (secondary N) is 1. The summed E-state index contributed by atoms with van der Waals surface area (Å²) < 4.78 is 3.41. The standard InChI is InChI=1S/C17H18Cl2N6O/c1-11-7-12(2)25(22-11)6-5-16(26)21-17-20-10-24(23-17)9-13-3-4-14(18)8-15(13)19/h3-4,7-8,10H,5-6,9H2,1-2H3,(H,21,23,26). The molecule has 0 bridgehead atoms. The maximum atomic E-state index is 12.1. The molecule has 0 aliphatic heterocycles. The molecule has 0 aliphatic rings. The third-order valence-electron chi connectivity index (χ3n) is 3.79. The van der Waals surface area contributed by atoms with Crippen molar-refractivity contribution < 1.29 is 4.79 Å². The quantitative estimate of drug-likeness (QED) is 0.696. The van der Waals surface area contributed by atoms with Gasteiger partial charge in [0.1, 0.15) is 6.33 Å². The number of anilines is 1. The predicted octanol–water partition coefficient (Wildman–Crippen LogP) is 3.48. The van der Waals surface area contributed by atoms with Crippen LogP contribution in [-0.2, 0) is 17.9 Å². The summed E-state index contributed by atoms with van der Waals surface area (Å²) in [4.78, 5) is 16.2. The molecule has 0 spiro atoms. The number of carbonyl (C=O) groups excluding carboxylic acids is 1. The van der Waals surface area contributed by atoms with Gasteiger partial charge in [0.25, 0.3) is 0 Å². The van der Waals surface area contributed by atoms with Gasteiger partial charge >= 0.3 is 0 Å². The molecule has 0 radical (unpaired) electrons. The highest BCUT2D eigenvalue weighted by molar-refractivity contribution is 6.35. The largest absolute Gasteiger partial charge is 0.293 e. The Balaban J connectivity index is 1.56. The molecule has 2 aromatic heterocycles. The van der Waals surface area contributed by atoms with Crippen LogP contribution in [0.1, 0.15) is 23.4 Å². The average molecular weight is 393 g/mol. The Morgan fingerprint density at radius 1 is 1.19 bits per heavy atom. The Kier molecular flexibility index (Phi) is 5.58. The van der Waals surface area contributed by atoms with Gasteiger partial charge in [-0.25, -0.2) is 9.67 Å². The molecule has 0 atom stereocenters. The van der Waals surface area contributed by atoms with Crippen molar-refractivity contribution in [3.63, 3.8) is 0 Å². The highest BCUT2D eigenvalue weighted by atomic mass is 35.5. The van der Waals surface area contributed by atoms with Crippen LogP contribution in [0.15, 0.2) is 30.6 Å². The molecule has 3 aromatic rings. The third kappa shape index (κ3) is 4.62. The second-order valence-electron chi connectivity index (χ2n) is 5.95. The van der Waals surface area contributed by atoms with Crippen LogP contribution < -0.4 is 5.32 Å². The molecular formula is C17H18Cl2N6O. The van der Waals surface area contributed by atoms with Crippen molar-refractivity contribution in [2.75, 3.05) is 5.32 Å². The summed E-state index contributed by atoms with van der Waals surface area (Å²) in [7, 11) is 0. The van der Waals surface area contributed by atoms with Crippen molar-refractivity contribution in [2.24, 2.45) is 0 Å². The van der Waals surface area contributed by atoms with E-state index < -0.39 is 0 Å². The van der Waals surface area contributed by atoms with Crippen LogP contribution in [0.5, 0.6) is 0 Å². The molecule has 3 rings (SSSR count). The molecule has 26 heavy (non-hydrogen) atoms. The Hall–Kier alpha value is -2.38. The van der Waals surface area contributed by atoms with Crippen LogP contribution in [0, 0.1) is 13.8 Å². The normalized spacial score (nSPS) is 10.9. The van der Waals surface area contributed by atoms with Gasteiger partial charge in [0.05, 0.1) is 12.2 Å². The van der Waals surface area contributed by atoms with E-state index in [-0.39, 0.29) is 11.9 Å². The summed E-state index contributed by atoms with van der Waals surface area (Å²) in [5, 5.41) is 12.4. The van der Waals surface area contributed by atoms with E-state index in [0.29, 0.717) is 29.6 Å². The number of nitrogens with zero attached hydrogens (tertiary/aromatic N) is 5. The lowest BCUT2D eigenvalue weighted by Crippen LogP contribution is -2.16. The smallest absolute Gasteiger partial charge is 0.248 e. The van der Waals surface area contributed by atoms with Crippen molar-refractivity contribution >= 4 is 35.1 Å². The van der Waals surface area contributed by atoms with E-state index in [2.05, 4.69) is 20.5 Å². The maximum absolute atomic E-state index is 12.1. The topological polar surface area (TPSA) is 77.6 Å². The predicted molar refractivity (Wildman–Crippen MR) is 101 cm³/mol. The van der Waals surface area contributed by atoms with E-state index in [9.17, 15) is 4.79 Å². The van der Waals surface area contributed by atoms with E-state index in [1.165, 1.54) is 0 Å². The number of benzene rings is 1. The first-order chi connectivity index (χ1) is 12.4. The number of hydrogen-bond donors (Lipinski definition) is 1. The van der Waals surface area contributed by atoms with Crippen LogP contribution >= 0.6 is 23.2 Å². The van der Waals surface area contributed by atoms with Gasteiger partial charge in [-0.15, -0.1) is 5.10 Å². The first-order valence-electron chi connectivity index (χ1n) is 8.05. The fourth-order valence-electron chi connectivity index (χ4n) is 2.55. The van der Waals surface area contributed by atoms with Gasteiger partial charge in [-0.2, -0.15) is 5.10 Å². The fraction of sp³-hybridized carbons (Fsp3) is 0.294. The molecule has 0 saturated heterocycles. The number of aromatic nitrogens is 5. The highest BCUT2D eigenvalue weighted by Crippen LogP contribution is 2.21. The fourth-order valence-corrected chi connectivity index (χ4v) is 3.02. The lowest BCUT2D eigenvalue weighted by molar-refractivity contribution is -0.116. The Morgan fingerprint density at radius 2 is 2.00 bits per heavy atom. The van der Waals surface area contributed by atoms with Crippen molar-refractivity contribution in [3.8, 4) is 0 Å². The van der Waals surface area contributed by atoms with Crippen LogP contribution in [-0.4, -0.2) is 30.5 Å². The zero-order chi connectivity index (χ0) is 18.7. The van der Waals surface area contributed by atoms with Gasteiger partial charge in [-0.05, 0) is 37.6 Å².